The normalized spacial score (nSPS) is 11.6. The summed E-state index contributed by atoms with van der Waals surface area (Å²) in [5.74, 6) is 5.39. The van der Waals surface area contributed by atoms with Crippen LogP contribution in [0.5, 0.6) is 5.75 Å². The van der Waals surface area contributed by atoms with Gasteiger partial charge >= 0.3 is 6.18 Å². The molecule has 2 N–H and O–H groups in total. The second kappa shape index (κ2) is 6.70. The largest absolute Gasteiger partial charge is 0.494 e. The number of ether oxygens (including phenoxy) is 1. The third-order valence-electron chi connectivity index (χ3n) is 2.45. The van der Waals surface area contributed by atoms with E-state index in [-0.39, 0.29) is 5.16 Å². The van der Waals surface area contributed by atoms with Crippen LogP contribution in [0.25, 0.3) is 0 Å². The van der Waals surface area contributed by atoms with Crippen molar-refractivity contribution in [1.29, 1.82) is 0 Å². The van der Waals surface area contributed by atoms with Crippen molar-refractivity contribution < 1.29 is 17.9 Å². The van der Waals surface area contributed by atoms with Crippen LogP contribution in [-0.4, -0.2) is 27.2 Å². The van der Waals surface area contributed by atoms with Gasteiger partial charge in [-0.3, -0.25) is 0 Å². The van der Waals surface area contributed by atoms with E-state index >= 15 is 0 Å². The maximum Gasteiger partial charge on any atom is 0.453 e. The average Bonchev–Trinajstić information content (AvgIpc) is 2.81. The van der Waals surface area contributed by atoms with Gasteiger partial charge in [-0.05, 0) is 18.6 Å². The minimum atomic E-state index is -4.60. The van der Waals surface area contributed by atoms with Crippen LogP contribution in [0.4, 0.5) is 13.2 Å². The lowest BCUT2D eigenvalue weighted by atomic mass is 10.3. The second-order valence-corrected chi connectivity index (χ2v) is 5.10. The van der Waals surface area contributed by atoms with Crippen LogP contribution in [0.1, 0.15) is 12.2 Å². The van der Waals surface area contributed by atoms with E-state index in [4.69, 9.17) is 10.6 Å². The average molecular weight is 318 g/mol. The number of nitrogens with two attached hydrogens (primary N) is 1. The Morgan fingerprint density at radius 3 is 2.52 bits per heavy atom. The molecule has 0 unspecified atom stereocenters. The summed E-state index contributed by atoms with van der Waals surface area (Å²) in [6.07, 6.45) is -3.95. The highest BCUT2D eigenvalue weighted by Gasteiger charge is 2.38. The lowest BCUT2D eigenvalue weighted by Crippen LogP contribution is -2.21. The molecule has 0 fully saturated rings. The summed E-state index contributed by atoms with van der Waals surface area (Å²) in [4.78, 5) is 0. The number of hydrogen-bond donors (Lipinski definition) is 1. The molecule has 0 bridgehead atoms. The molecule has 21 heavy (non-hydrogen) atoms. The van der Waals surface area contributed by atoms with Gasteiger partial charge in [0, 0.05) is 5.75 Å². The van der Waals surface area contributed by atoms with Crippen LogP contribution in [0, 0.1) is 0 Å². The van der Waals surface area contributed by atoms with Crippen molar-refractivity contribution in [3.63, 3.8) is 0 Å². The minimum absolute atomic E-state index is 0.0297. The van der Waals surface area contributed by atoms with Gasteiger partial charge in [0.25, 0.3) is 5.82 Å². The molecule has 2 aromatic rings. The zero-order valence-electron chi connectivity index (χ0n) is 10.9. The summed E-state index contributed by atoms with van der Waals surface area (Å²) in [5.41, 5.74) is 0. The van der Waals surface area contributed by atoms with Gasteiger partial charge in [-0.1, -0.05) is 30.0 Å². The summed E-state index contributed by atoms with van der Waals surface area (Å²) >= 11 is 1.10. The number of halogens is 3. The first-order valence-corrected chi connectivity index (χ1v) is 7.05. The quantitative estimate of drug-likeness (QED) is 0.504. The van der Waals surface area contributed by atoms with Gasteiger partial charge in [0.05, 0.1) is 6.61 Å². The molecule has 1 aromatic carbocycles. The number of benzene rings is 1. The summed E-state index contributed by atoms with van der Waals surface area (Å²) in [6.45, 7) is 0.460. The molecule has 5 nitrogen and oxygen atoms in total. The molecule has 0 saturated heterocycles. The maximum absolute atomic E-state index is 12.5. The van der Waals surface area contributed by atoms with Crippen molar-refractivity contribution in [1.82, 2.24) is 14.9 Å². The molecule has 0 spiro atoms. The smallest absolute Gasteiger partial charge is 0.453 e. The Balaban J connectivity index is 1.76. The number of alkyl halides is 3. The SMILES string of the molecule is Nn1c(SCCCOc2ccccc2)nnc1C(F)(F)F. The van der Waals surface area contributed by atoms with Crippen LogP contribution in [-0.2, 0) is 6.18 Å². The molecule has 0 aliphatic carbocycles. The van der Waals surface area contributed by atoms with E-state index in [9.17, 15) is 13.2 Å². The number of hydrogen-bond acceptors (Lipinski definition) is 5. The summed E-state index contributed by atoms with van der Waals surface area (Å²) in [7, 11) is 0. The Bertz CT molecular complexity index is 574. The van der Waals surface area contributed by atoms with E-state index in [1.807, 2.05) is 30.3 Å². The van der Waals surface area contributed by atoms with E-state index in [1.54, 1.807) is 0 Å². The van der Waals surface area contributed by atoms with Crippen LogP contribution >= 0.6 is 11.8 Å². The first kappa shape index (κ1) is 15.5. The number of rotatable bonds is 6. The molecule has 0 aliphatic rings. The lowest BCUT2D eigenvalue weighted by Gasteiger charge is -2.07. The molecule has 0 amide bonds. The Labute approximate surface area is 123 Å². The van der Waals surface area contributed by atoms with Crippen molar-refractivity contribution in [2.75, 3.05) is 18.2 Å². The molecular formula is C12H13F3N4OS. The fraction of sp³-hybridized carbons (Fsp3) is 0.333. The predicted molar refractivity (Wildman–Crippen MR) is 72.5 cm³/mol. The van der Waals surface area contributed by atoms with Crippen molar-refractivity contribution in [3.8, 4) is 5.75 Å². The first-order chi connectivity index (χ1) is 9.98. The van der Waals surface area contributed by atoms with E-state index in [1.165, 1.54) is 0 Å². The van der Waals surface area contributed by atoms with Gasteiger partial charge in [0.1, 0.15) is 5.75 Å². The molecule has 1 heterocycles. The summed E-state index contributed by atoms with van der Waals surface area (Å²) < 4.78 is 43.3. The molecule has 0 radical (unpaired) electrons. The fourth-order valence-electron chi connectivity index (χ4n) is 1.50. The van der Waals surface area contributed by atoms with E-state index < -0.39 is 12.0 Å². The Morgan fingerprint density at radius 1 is 1.19 bits per heavy atom. The highest BCUT2D eigenvalue weighted by atomic mass is 32.2. The van der Waals surface area contributed by atoms with Gasteiger partial charge < -0.3 is 10.6 Å². The molecule has 9 heteroatoms. The molecule has 0 aliphatic heterocycles. The molecule has 2 rings (SSSR count). The van der Waals surface area contributed by atoms with Crippen LogP contribution in [0.2, 0.25) is 0 Å². The summed E-state index contributed by atoms with van der Waals surface area (Å²) in [6, 6.07) is 9.27. The van der Waals surface area contributed by atoms with Gasteiger partial charge in [-0.25, -0.2) is 4.68 Å². The fourth-order valence-corrected chi connectivity index (χ4v) is 2.27. The predicted octanol–water partition coefficient (Wildman–Crippen LogP) is 2.57. The number of nitrogens with zero attached hydrogens (tertiary/aromatic N) is 3. The second-order valence-electron chi connectivity index (χ2n) is 4.04. The number of aromatic nitrogens is 3. The maximum atomic E-state index is 12.5. The van der Waals surface area contributed by atoms with E-state index in [0.29, 0.717) is 23.5 Å². The Kier molecular flexibility index (Phi) is 4.94. The van der Waals surface area contributed by atoms with Gasteiger partial charge in [0.15, 0.2) is 0 Å². The molecular weight excluding hydrogens is 305 g/mol. The molecule has 114 valence electrons. The highest BCUT2D eigenvalue weighted by molar-refractivity contribution is 7.99. The monoisotopic (exact) mass is 318 g/mol. The number of para-hydroxylation sites is 1. The minimum Gasteiger partial charge on any atom is -0.494 e. The zero-order chi connectivity index (χ0) is 15.3. The van der Waals surface area contributed by atoms with E-state index in [2.05, 4.69) is 10.2 Å². The third-order valence-corrected chi connectivity index (χ3v) is 3.48. The van der Waals surface area contributed by atoms with Crippen molar-refractivity contribution in [2.24, 2.45) is 0 Å². The zero-order valence-corrected chi connectivity index (χ0v) is 11.7. The van der Waals surface area contributed by atoms with Crippen molar-refractivity contribution >= 4 is 11.8 Å². The lowest BCUT2D eigenvalue weighted by molar-refractivity contribution is -0.146. The Hall–Kier alpha value is -1.90. The van der Waals surface area contributed by atoms with Gasteiger partial charge in [-0.15, -0.1) is 10.2 Å². The first-order valence-electron chi connectivity index (χ1n) is 6.07. The molecule has 0 atom stereocenters. The van der Waals surface area contributed by atoms with Crippen LogP contribution < -0.4 is 10.6 Å². The molecule has 1 aromatic heterocycles. The highest BCUT2D eigenvalue weighted by Crippen LogP contribution is 2.28. The van der Waals surface area contributed by atoms with Gasteiger partial charge in [-0.2, -0.15) is 13.2 Å². The molecule has 0 saturated carbocycles. The topological polar surface area (TPSA) is 66.0 Å². The van der Waals surface area contributed by atoms with E-state index in [0.717, 1.165) is 17.5 Å². The Morgan fingerprint density at radius 2 is 1.90 bits per heavy atom. The van der Waals surface area contributed by atoms with Crippen molar-refractivity contribution in [3.05, 3.63) is 36.2 Å². The van der Waals surface area contributed by atoms with Gasteiger partial charge in [0.2, 0.25) is 5.16 Å². The number of nitrogen functional groups attached to an aromatic ring is 1. The standard InChI is InChI=1S/C12H13F3N4OS/c13-12(14,15)10-17-18-11(19(10)16)21-8-4-7-20-9-5-2-1-3-6-9/h1-3,5-6H,4,7-8,16H2. The van der Waals surface area contributed by atoms with Crippen LogP contribution in [0.15, 0.2) is 35.5 Å². The number of thioether (sulfide) groups is 1. The third kappa shape index (κ3) is 4.28. The van der Waals surface area contributed by atoms with Crippen LogP contribution in [0.3, 0.4) is 0 Å². The van der Waals surface area contributed by atoms with Crippen molar-refractivity contribution in [2.45, 2.75) is 17.8 Å². The summed E-state index contributed by atoms with van der Waals surface area (Å²) in [5, 5.41) is 6.50.